The summed E-state index contributed by atoms with van der Waals surface area (Å²) in [6, 6.07) is 18.2. The molecule has 4 rings (SSSR count). The van der Waals surface area contributed by atoms with Crippen LogP contribution in [0.4, 0.5) is 0 Å². The molecule has 2 aliphatic rings. The molecule has 2 aromatic rings. The number of Topliss-reactive ketones (excluding diaryl/α,β-unsaturated/α-hetero) is 1. The van der Waals surface area contributed by atoms with E-state index in [4.69, 9.17) is 10.00 Å². The molecule has 148 valence electrons. The molecule has 0 spiro atoms. The number of rotatable bonds is 6. The first kappa shape index (κ1) is 19.7. The van der Waals surface area contributed by atoms with Crippen molar-refractivity contribution >= 4 is 23.5 Å². The van der Waals surface area contributed by atoms with Crippen LogP contribution in [0.3, 0.4) is 0 Å². The zero-order valence-corrected chi connectivity index (χ0v) is 17.2. The Labute approximate surface area is 175 Å². The lowest BCUT2D eigenvalue weighted by molar-refractivity contribution is -0.154. The van der Waals surface area contributed by atoms with Gasteiger partial charge in [-0.15, -0.1) is 0 Å². The fourth-order valence-electron chi connectivity index (χ4n) is 4.47. The molecule has 1 heterocycles. The molecular formula is C24H23NO3S. The fourth-order valence-corrected chi connectivity index (χ4v) is 5.63. The molecule has 4 nitrogen and oxygen atoms in total. The molecule has 1 unspecified atom stereocenters. The molecule has 1 fully saturated rings. The molecule has 0 radical (unpaired) electrons. The number of ether oxygens (including phenoxy) is 1. The van der Waals surface area contributed by atoms with E-state index >= 15 is 0 Å². The summed E-state index contributed by atoms with van der Waals surface area (Å²) in [4.78, 5) is 28.7. The molecule has 1 saturated carbocycles. The van der Waals surface area contributed by atoms with E-state index in [1.165, 1.54) is 0 Å². The molecule has 1 atom stereocenters. The van der Waals surface area contributed by atoms with Crippen LogP contribution in [0.25, 0.3) is 0 Å². The maximum atomic E-state index is 13.5. The van der Waals surface area contributed by atoms with Crippen molar-refractivity contribution in [1.82, 2.24) is 0 Å². The van der Waals surface area contributed by atoms with Crippen LogP contribution in [0.1, 0.15) is 43.2 Å². The van der Waals surface area contributed by atoms with Gasteiger partial charge in [0.15, 0.2) is 5.78 Å². The Morgan fingerprint density at radius 3 is 2.24 bits per heavy atom. The van der Waals surface area contributed by atoms with Gasteiger partial charge in [0.25, 0.3) is 0 Å². The van der Waals surface area contributed by atoms with Gasteiger partial charge < -0.3 is 4.74 Å². The van der Waals surface area contributed by atoms with Gasteiger partial charge in [-0.1, -0.05) is 48.2 Å². The highest BCUT2D eigenvalue weighted by Crippen LogP contribution is 2.50. The number of fused-ring (bicyclic) bond motifs is 2. The minimum absolute atomic E-state index is 0.0425. The molecule has 1 aliphatic carbocycles. The van der Waals surface area contributed by atoms with E-state index in [1.807, 2.05) is 48.5 Å². The van der Waals surface area contributed by atoms with Gasteiger partial charge in [-0.25, -0.2) is 0 Å². The van der Waals surface area contributed by atoms with Crippen molar-refractivity contribution in [2.24, 2.45) is 17.8 Å². The highest BCUT2D eigenvalue weighted by molar-refractivity contribution is 7.99. The number of ketones is 1. The van der Waals surface area contributed by atoms with Crippen molar-refractivity contribution in [3.8, 4) is 6.07 Å². The molecule has 0 amide bonds. The molecular weight excluding hydrogens is 382 g/mol. The van der Waals surface area contributed by atoms with E-state index in [2.05, 4.69) is 6.07 Å². The average molecular weight is 406 g/mol. The van der Waals surface area contributed by atoms with Crippen LogP contribution in [0.2, 0.25) is 0 Å². The second-order valence-corrected chi connectivity index (χ2v) is 8.77. The summed E-state index contributed by atoms with van der Waals surface area (Å²) in [5.74, 6) is -1.59. The Balaban J connectivity index is 1.74. The van der Waals surface area contributed by atoms with Gasteiger partial charge in [-0.2, -0.15) is 5.26 Å². The highest BCUT2D eigenvalue weighted by atomic mass is 32.2. The number of carbonyl (C=O) groups is 2. The molecule has 0 saturated heterocycles. The number of nitriles is 1. The van der Waals surface area contributed by atoms with Gasteiger partial charge >= 0.3 is 5.97 Å². The van der Waals surface area contributed by atoms with E-state index in [1.54, 1.807) is 18.7 Å². The van der Waals surface area contributed by atoms with E-state index < -0.39 is 11.9 Å². The summed E-state index contributed by atoms with van der Waals surface area (Å²) >= 11 is 1.68. The number of hydrogen-bond donors (Lipinski definition) is 0. The van der Waals surface area contributed by atoms with Crippen LogP contribution < -0.4 is 0 Å². The third-order valence-electron chi connectivity index (χ3n) is 5.93. The normalized spacial score (nSPS) is 21.1. The Morgan fingerprint density at radius 1 is 1.10 bits per heavy atom. The summed E-state index contributed by atoms with van der Waals surface area (Å²) in [6.07, 6.45) is 1.85. The first-order valence-electron chi connectivity index (χ1n) is 10.1. The number of esters is 1. The van der Waals surface area contributed by atoms with Crippen molar-refractivity contribution in [2.75, 3.05) is 6.61 Å². The standard InChI is InChI=1S/C24H23NO3S/c1-2-28-24(27)22(23(26)16-13-15(14-16)11-12-25)21-17-7-3-5-9-19(17)29-20-10-6-4-8-18(20)21/h3-10,15-16,21-22H,2,11,13-14H2,1H3. The second-order valence-electron chi connectivity index (χ2n) is 7.68. The summed E-state index contributed by atoms with van der Waals surface area (Å²) in [6.45, 7) is 2.01. The average Bonchev–Trinajstić information content (AvgIpc) is 2.70. The number of hydrogen-bond acceptors (Lipinski definition) is 5. The lowest BCUT2D eigenvalue weighted by Gasteiger charge is -2.38. The first-order valence-corrected chi connectivity index (χ1v) is 10.9. The first-order chi connectivity index (χ1) is 14.1. The Morgan fingerprint density at radius 2 is 1.69 bits per heavy atom. The Kier molecular flexibility index (Phi) is 5.73. The zero-order valence-electron chi connectivity index (χ0n) is 16.3. The van der Waals surface area contributed by atoms with E-state index in [0.717, 1.165) is 20.9 Å². The molecule has 0 N–H and O–H groups in total. The van der Waals surface area contributed by atoms with Crippen LogP contribution in [-0.4, -0.2) is 18.4 Å². The maximum absolute atomic E-state index is 13.5. The topological polar surface area (TPSA) is 67.2 Å². The van der Waals surface area contributed by atoms with Crippen LogP contribution in [-0.2, 0) is 14.3 Å². The van der Waals surface area contributed by atoms with Crippen LogP contribution in [0.15, 0.2) is 58.3 Å². The van der Waals surface area contributed by atoms with Crippen LogP contribution >= 0.6 is 11.8 Å². The van der Waals surface area contributed by atoms with Crippen molar-refractivity contribution < 1.29 is 14.3 Å². The van der Waals surface area contributed by atoms with E-state index in [0.29, 0.717) is 19.3 Å². The minimum atomic E-state index is -0.855. The molecule has 1 aliphatic heterocycles. The number of benzene rings is 2. The predicted molar refractivity (Wildman–Crippen MR) is 110 cm³/mol. The van der Waals surface area contributed by atoms with Crippen molar-refractivity contribution in [3.63, 3.8) is 0 Å². The van der Waals surface area contributed by atoms with Crippen LogP contribution in [0.5, 0.6) is 0 Å². The van der Waals surface area contributed by atoms with Crippen molar-refractivity contribution in [2.45, 2.75) is 41.9 Å². The van der Waals surface area contributed by atoms with Gasteiger partial charge in [0.2, 0.25) is 0 Å². The molecule has 0 aromatic heterocycles. The highest BCUT2D eigenvalue weighted by Gasteiger charge is 2.46. The minimum Gasteiger partial charge on any atom is -0.465 e. The lowest BCUT2D eigenvalue weighted by atomic mass is 9.66. The molecule has 29 heavy (non-hydrogen) atoms. The van der Waals surface area contributed by atoms with Crippen LogP contribution in [0, 0.1) is 29.1 Å². The second kappa shape index (κ2) is 8.42. The molecule has 0 bridgehead atoms. The third-order valence-corrected chi connectivity index (χ3v) is 7.11. The number of nitrogens with zero attached hydrogens (tertiary/aromatic N) is 1. The predicted octanol–water partition coefficient (Wildman–Crippen LogP) is 4.97. The van der Waals surface area contributed by atoms with Gasteiger partial charge in [0.05, 0.1) is 12.7 Å². The SMILES string of the molecule is CCOC(=O)C(C(=O)C1CC(CC#N)C1)C1c2ccccc2Sc2ccccc21. The largest absolute Gasteiger partial charge is 0.465 e. The maximum Gasteiger partial charge on any atom is 0.317 e. The molecule has 5 heteroatoms. The number of carbonyl (C=O) groups excluding carboxylic acids is 2. The van der Waals surface area contributed by atoms with Crippen molar-refractivity contribution in [1.29, 1.82) is 5.26 Å². The van der Waals surface area contributed by atoms with Gasteiger partial charge in [-0.05, 0) is 48.9 Å². The van der Waals surface area contributed by atoms with Crippen molar-refractivity contribution in [3.05, 3.63) is 59.7 Å². The third kappa shape index (κ3) is 3.70. The Hall–Kier alpha value is -2.58. The zero-order chi connectivity index (χ0) is 20.4. The summed E-state index contributed by atoms with van der Waals surface area (Å²) < 4.78 is 5.38. The summed E-state index contributed by atoms with van der Waals surface area (Å²) in [5, 5.41) is 8.90. The summed E-state index contributed by atoms with van der Waals surface area (Å²) in [7, 11) is 0. The van der Waals surface area contributed by atoms with Gasteiger partial charge in [0, 0.05) is 28.0 Å². The smallest absolute Gasteiger partial charge is 0.317 e. The van der Waals surface area contributed by atoms with Gasteiger partial charge in [0.1, 0.15) is 5.92 Å². The Bertz CT molecular complexity index is 929. The summed E-state index contributed by atoms with van der Waals surface area (Å²) in [5.41, 5.74) is 2.02. The van der Waals surface area contributed by atoms with E-state index in [-0.39, 0.29) is 30.1 Å². The quantitative estimate of drug-likeness (QED) is 0.501. The fraction of sp³-hybridized carbons (Fsp3) is 0.375. The monoisotopic (exact) mass is 405 g/mol. The lowest BCUT2D eigenvalue weighted by Crippen LogP contribution is -2.41. The molecule has 2 aromatic carbocycles. The van der Waals surface area contributed by atoms with Gasteiger partial charge in [-0.3, -0.25) is 9.59 Å². The van der Waals surface area contributed by atoms with E-state index in [9.17, 15) is 9.59 Å².